The van der Waals surface area contributed by atoms with Crippen LogP contribution in [0.25, 0.3) is 0 Å². The number of esters is 1. The lowest BCUT2D eigenvalue weighted by atomic mass is 10.1. The molecule has 7 heteroatoms. The summed E-state index contributed by atoms with van der Waals surface area (Å²) >= 11 is 0. The maximum Gasteiger partial charge on any atom is 0.303 e. The van der Waals surface area contributed by atoms with Crippen molar-refractivity contribution in [3.8, 4) is 0 Å². The molecule has 120 valence electrons. The largest absolute Gasteiger partial charge is 0.452 e. The summed E-state index contributed by atoms with van der Waals surface area (Å²) < 4.78 is 27.1. The quantitative estimate of drug-likeness (QED) is 0.710. The van der Waals surface area contributed by atoms with Gasteiger partial charge in [0.1, 0.15) is 12.2 Å². The molecule has 2 aliphatic heterocycles. The second kappa shape index (κ2) is 5.64. The highest BCUT2D eigenvalue weighted by molar-refractivity contribution is 5.90. The van der Waals surface area contributed by atoms with Gasteiger partial charge in [0.15, 0.2) is 17.7 Å². The van der Waals surface area contributed by atoms with E-state index in [1.54, 1.807) is 27.7 Å². The molecule has 2 saturated heterocycles. The van der Waals surface area contributed by atoms with Crippen LogP contribution in [0.15, 0.2) is 0 Å². The van der Waals surface area contributed by atoms with Crippen molar-refractivity contribution in [3.05, 3.63) is 0 Å². The highest BCUT2D eigenvalue weighted by Crippen LogP contribution is 2.29. The molecule has 0 amide bonds. The third-order valence-electron chi connectivity index (χ3n) is 3.27. The Kier molecular flexibility index (Phi) is 4.39. The molecule has 0 bridgehead atoms. The molecule has 0 aromatic carbocycles. The SMILES string of the molecule is CC(=O)O[C@@H](C(=O)[C@H]1COC(C)(C)O1)[C@H]1COC(C)(C)O1. The van der Waals surface area contributed by atoms with Gasteiger partial charge in [0, 0.05) is 6.92 Å². The third kappa shape index (κ3) is 4.00. The average molecular weight is 302 g/mol. The number of Topliss-reactive ketones (excluding diaryl/α,β-unsaturated/α-hetero) is 1. The van der Waals surface area contributed by atoms with E-state index in [-0.39, 0.29) is 19.0 Å². The molecule has 0 spiro atoms. The molecule has 0 aliphatic carbocycles. The lowest BCUT2D eigenvalue weighted by Crippen LogP contribution is -2.46. The highest BCUT2D eigenvalue weighted by Gasteiger charge is 2.47. The Balaban J connectivity index is 2.09. The molecule has 2 aliphatic rings. The van der Waals surface area contributed by atoms with Crippen LogP contribution < -0.4 is 0 Å². The Bertz CT molecular complexity index is 429. The van der Waals surface area contributed by atoms with Gasteiger partial charge in [-0.3, -0.25) is 9.59 Å². The molecule has 0 N–H and O–H groups in total. The molecule has 21 heavy (non-hydrogen) atoms. The molecule has 2 fully saturated rings. The molecule has 0 unspecified atom stereocenters. The van der Waals surface area contributed by atoms with E-state index in [1.807, 2.05) is 0 Å². The first kappa shape index (κ1) is 16.4. The summed E-state index contributed by atoms with van der Waals surface area (Å²) in [6.45, 7) is 8.46. The van der Waals surface area contributed by atoms with E-state index in [1.165, 1.54) is 6.92 Å². The van der Waals surface area contributed by atoms with Gasteiger partial charge in [0.2, 0.25) is 5.78 Å². The van der Waals surface area contributed by atoms with Gasteiger partial charge >= 0.3 is 5.97 Å². The maximum atomic E-state index is 12.5. The summed E-state index contributed by atoms with van der Waals surface area (Å²) in [6.07, 6.45) is -2.49. The summed E-state index contributed by atoms with van der Waals surface area (Å²) in [6, 6.07) is 0. The zero-order valence-electron chi connectivity index (χ0n) is 13.0. The van der Waals surface area contributed by atoms with Crippen molar-refractivity contribution in [1.82, 2.24) is 0 Å². The fourth-order valence-electron chi connectivity index (χ4n) is 2.37. The Morgan fingerprint density at radius 1 is 1.05 bits per heavy atom. The fraction of sp³-hybridized carbons (Fsp3) is 0.857. The number of ether oxygens (including phenoxy) is 5. The van der Waals surface area contributed by atoms with E-state index in [4.69, 9.17) is 23.7 Å². The Morgan fingerprint density at radius 3 is 2.05 bits per heavy atom. The van der Waals surface area contributed by atoms with Crippen molar-refractivity contribution in [3.63, 3.8) is 0 Å². The number of carbonyl (C=O) groups excluding carboxylic acids is 2. The topological polar surface area (TPSA) is 80.3 Å². The van der Waals surface area contributed by atoms with Gasteiger partial charge in [-0.1, -0.05) is 0 Å². The summed E-state index contributed by atoms with van der Waals surface area (Å²) in [7, 11) is 0. The predicted molar refractivity (Wildman–Crippen MR) is 70.4 cm³/mol. The predicted octanol–water partition coefficient (Wildman–Crippen LogP) is 0.790. The molecular formula is C14H22O7. The molecule has 7 nitrogen and oxygen atoms in total. The maximum absolute atomic E-state index is 12.5. The number of rotatable bonds is 4. The number of ketones is 1. The lowest BCUT2D eigenvalue weighted by molar-refractivity contribution is -0.181. The summed E-state index contributed by atoms with van der Waals surface area (Å²) in [5.41, 5.74) is 0. The van der Waals surface area contributed by atoms with Crippen LogP contribution in [0.1, 0.15) is 34.6 Å². The van der Waals surface area contributed by atoms with Crippen molar-refractivity contribution in [1.29, 1.82) is 0 Å². The smallest absolute Gasteiger partial charge is 0.303 e. The number of carbonyl (C=O) groups is 2. The van der Waals surface area contributed by atoms with Crippen molar-refractivity contribution in [2.24, 2.45) is 0 Å². The van der Waals surface area contributed by atoms with Crippen molar-refractivity contribution in [2.45, 2.75) is 64.5 Å². The van der Waals surface area contributed by atoms with Crippen molar-refractivity contribution in [2.75, 3.05) is 13.2 Å². The van der Waals surface area contributed by atoms with Crippen LogP contribution in [0.3, 0.4) is 0 Å². The van der Waals surface area contributed by atoms with Gasteiger partial charge in [0.05, 0.1) is 13.2 Å². The van der Waals surface area contributed by atoms with Crippen LogP contribution >= 0.6 is 0 Å². The minimum atomic E-state index is -1.06. The normalized spacial score (nSPS) is 31.9. The second-order valence-electron chi connectivity index (χ2n) is 6.12. The first-order valence-corrected chi connectivity index (χ1v) is 6.94. The van der Waals surface area contributed by atoms with E-state index in [0.29, 0.717) is 0 Å². The Labute approximate surface area is 123 Å². The molecule has 2 heterocycles. The zero-order valence-corrected chi connectivity index (χ0v) is 13.0. The molecule has 2 rings (SSSR count). The standard InChI is InChI=1S/C14H22O7/c1-8(15)19-12(10-7-18-14(4,5)21-10)11(16)9-6-17-13(2,3)20-9/h9-10,12H,6-7H2,1-5H3/t9-,10-,12-/m1/s1. The summed E-state index contributed by atoms with van der Waals surface area (Å²) in [4.78, 5) is 23.8. The summed E-state index contributed by atoms with van der Waals surface area (Å²) in [5, 5.41) is 0. The lowest BCUT2D eigenvalue weighted by Gasteiger charge is -2.25. The Morgan fingerprint density at radius 2 is 1.62 bits per heavy atom. The van der Waals surface area contributed by atoms with Crippen LogP contribution in [-0.2, 0) is 33.3 Å². The van der Waals surface area contributed by atoms with E-state index < -0.39 is 35.9 Å². The summed E-state index contributed by atoms with van der Waals surface area (Å²) in [5.74, 6) is -2.56. The highest BCUT2D eigenvalue weighted by atomic mass is 16.8. The van der Waals surface area contributed by atoms with Crippen LogP contribution in [0.2, 0.25) is 0 Å². The molecule has 3 atom stereocenters. The first-order valence-electron chi connectivity index (χ1n) is 6.94. The molecule has 0 radical (unpaired) electrons. The minimum absolute atomic E-state index is 0.126. The van der Waals surface area contributed by atoms with E-state index in [9.17, 15) is 9.59 Å². The molecule has 0 aromatic rings. The van der Waals surface area contributed by atoms with Crippen molar-refractivity contribution < 1.29 is 33.3 Å². The molecule has 0 aromatic heterocycles. The van der Waals surface area contributed by atoms with Gasteiger partial charge in [-0.05, 0) is 27.7 Å². The zero-order chi connectivity index (χ0) is 15.8. The van der Waals surface area contributed by atoms with E-state index in [0.717, 1.165) is 0 Å². The van der Waals surface area contributed by atoms with Crippen molar-refractivity contribution >= 4 is 11.8 Å². The van der Waals surface area contributed by atoms with E-state index >= 15 is 0 Å². The van der Waals surface area contributed by atoms with Gasteiger partial charge in [-0.15, -0.1) is 0 Å². The van der Waals surface area contributed by atoms with E-state index in [2.05, 4.69) is 0 Å². The van der Waals surface area contributed by atoms with Crippen LogP contribution in [0, 0.1) is 0 Å². The monoisotopic (exact) mass is 302 g/mol. The number of hydrogen-bond acceptors (Lipinski definition) is 7. The Hall–Kier alpha value is -1.02. The fourth-order valence-corrected chi connectivity index (χ4v) is 2.37. The number of hydrogen-bond donors (Lipinski definition) is 0. The second-order valence-corrected chi connectivity index (χ2v) is 6.12. The molecule has 0 saturated carbocycles. The third-order valence-corrected chi connectivity index (χ3v) is 3.27. The van der Waals surface area contributed by atoms with Gasteiger partial charge in [0.25, 0.3) is 0 Å². The van der Waals surface area contributed by atoms with Gasteiger partial charge in [-0.25, -0.2) is 0 Å². The average Bonchev–Trinajstić information content (AvgIpc) is 2.87. The van der Waals surface area contributed by atoms with Crippen LogP contribution in [0.4, 0.5) is 0 Å². The van der Waals surface area contributed by atoms with Gasteiger partial charge in [-0.2, -0.15) is 0 Å². The minimum Gasteiger partial charge on any atom is -0.452 e. The van der Waals surface area contributed by atoms with Gasteiger partial charge < -0.3 is 23.7 Å². The first-order chi connectivity index (χ1) is 9.60. The van der Waals surface area contributed by atoms with Crippen LogP contribution in [-0.4, -0.2) is 54.9 Å². The molecular weight excluding hydrogens is 280 g/mol. The van der Waals surface area contributed by atoms with Crippen LogP contribution in [0.5, 0.6) is 0 Å².